The maximum atomic E-state index is 13.6. The molecule has 0 heterocycles. The van der Waals surface area contributed by atoms with Crippen LogP contribution in [0.2, 0.25) is 0 Å². The van der Waals surface area contributed by atoms with Crippen LogP contribution in [-0.4, -0.2) is 29.3 Å². The van der Waals surface area contributed by atoms with E-state index in [1.807, 2.05) is 20.8 Å². The Bertz CT molecular complexity index is 442. The highest BCUT2D eigenvalue weighted by molar-refractivity contribution is 6.03. The van der Waals surface area contributed by atoms with Crippen LogP contribution in [0, 0.1) is 12.7 Å². The van der Waals surface area contributed by atoms with Gasteiger partial charge in [-0.05, 0) is 56.6 Å². The van der Waals surface area contributed by atoms with Gasteiger partial charge in [-0.15, -0.1) is 0 Å². The third-order valence-corrected chi connectivity index (χ3v) is 4.27. The van der Waals surface area contributed by atoms with Crippen molar-refractivity contribution in [3.05, 3.63) is 35.1 Å². The van der Waals surface area contributed by atoms with Gasteiger partial charge in [-0.2, -0.15) is 0 Å². The molecule has 1 rings (SSSR count). The van der Waals surface area contributed by atoms with Gasteiger partial charge in [-0.25, -0.2) is 4.39 Å². The zero-order valence-corrected chi connectivity index (χ0v) is 13.3. The van der Waals surface area contributed by atoms with Crippen molar-refractivity contribution < 1.29 is 9.18 Å². The molecule has 112 valence electrons. The van der Waals surface area contributed by atoms with Gasteiger partial charge in [-0.3, -0.25) is 9.69 Å². The van der Waals surface area contributed by atoms with Gasteiger partial charge in [0, 0.05) is 5.56 Å². The first-order valence-corrected chi connectivity index (χ1v) is 7.52. The summed E-state index contributed by atoms with van der Waals surface area (Å²) in [7, 11) is 0. The van der Waals surface area contributed by atoms with Gasteiger partial charge in [-0.1, -0.05) is 27.7 Å². The molecule has 0 radical (unpaired) electrons. The number of ketones is 1. The van der Waals surface area contributed by atoms with E-state index in [9.17, 15) is 9.18 Å². The number of aryl methyl sites for hydroxylation is 1. The van der Waals surface area contributed by atoms with Crippen molar-refractivity contribution in [2.45, 2.75) is 53.0 Å². The molecule has 0 amide bonds. The van der Waals surface area contributed by atoms with Crippen molar-refractivity contribution in [1.29, 1.82) is 0 Å². The summed E-state index contributed by atoms with van der Waals surface area (Å²) in [6.07, 6.45) is 1.47. The van der Waals surface area contributed by atoms with E-state index in [1.54, 1.807) is 6.07 Å². The van der Waals surface area contributed by atoms with Gasteiger partial charge in [0.25, 0.3) is 0 Å². The SMILES string of the molecule is CCN(CC)C(CC)(CC)C(=O)c1cc(C)cc(F)c1. The summed E-state index contributed by atoms with van der Waals surface area (Å²) in [5.74, 6) is -0.303. The van der Waals surface area contributed by atoms with Crippen LogP contribution in [0.15, 0.2) is 18.2 Å². The second-order valence-corrected chi connectivity index (χ2v) is 5.26. The Balaban J connectivity index is 3.30. The predicted molar refractivity (Wildman–Crippen MR) is 81.7 cm³/mol. The van der Waals surface area contributed by atoms with Crippen molar-refractivity contribution in [2.75, 3.05) is 13.1 Å². The summed E-state index contributed by atoms with van der Waals surface area (Å²) in [6.45, 7) is 11.6. The lowest BCUT2D eigenvalue weighted by atomic mass is 9.82. The maximum absolute atomic E-state index is 13.6. The summed E-state index contributed by atoms with van der Waals surface area (Å²) in [6, 6.07) is 4.60. The van der Waals surface area contributed by atoms with E-state index in [-0.39, 0.29) is 11.6 Å². The zero-order chi connectivity index (χ0) is 15.3. The summed E-state index contributed by atoms with van der Waals surface area (Å²) in [5, 5.41) is 0. The number of nitrogens with zero attached hydrogens (tertiary/aromatic N) is 1. The third-order valence-electron chi connectivity index (χ3n) is 4.27. The Morgan fingerprint density at radius 3 is 2.05 bits per heavy atom. The van der Waals surface area contributed by atoms with Crippen LogP contribution < -0.4 is 0 Å². The Morgan fingerprint density at radius 2 is 1.65 bits per heavy atom. The minimum absolute atomic E-state index is 0.0359. The number of rotatable bonds is 7. The first-order chi connectivity index (χ1) is 9.44. The number of likely N-dealkylation sites (N-methyl/N-ethyl adjacent to an activating group) is 1. The fourth-order valence-electron chi connectivity index (χ4n) is 3.13. The van der Waals surface area contributed by atoms with Crippen molar-refractivity contribution >= 4 is 5.78 Å². The first-order valence-electron chi connectivity index (χ1n) is 7.52. The molecule has 0 aliphatic rings. The van der Waals surface area contributed by atoms with Gasteiger partial charge < -0.3 is 0 Å². The van der Waals surface area contributed by atoms with Crippen molar-refractivity contribution in [3.63, 3.8) is 0 Å². The molecule has 0 aliphatic carbocycles. The van der Waals surface area contributed by atoms with Crippen LogP contribution >= 0.6 is 0 Å². The second-order valence-electron chi connectivity index (χ2n) is 5.26. The zero-order valence-electron chi connectivity index (χ0n) is 13.3. The Kier molecular flexibility index (Phi) is 5.88. The number of benzene rings is 1. The second kappa shape index (κ2) is 6.98. The molecule has 1 aromatic carbocycles. The van der Waals surface area contributed by atoms with E-state index in [1.165, 1.54) is 12.1 Å². The fourth-order valence-corrected chi connectivity index (χ4v) is 3.13. The molecule has 0 spiro atoms. The number of hydrogen-bond donors (Lipinski definition) is 0. The maximum Gasteiger partial charge on any atom is 0.183 e. The topological polar surface area (TPSA) is 20.3 Å². The average Bonchev–Trinajstić information content (AvgIpc) is 2.43. The van der Waals surface area contributed by atoms with E-state index in [0.717, 1.165) is 31.5 Å². The van der Waals surface area contributed by atoms with E-state index >= 15 is 0 Å². The highest BCUT2D eigenvalue weighted by atomic mass is 19.1. The minimum atomic E-state index is -0.524. The standard InChI is InChI=1S/C17H26FNO/c1-6-17(7-2,19(8-3)9-4)16(20)14-10-13(5)11-15(18)12-14/h10-12H,6-9H2,1-5H3. The quantitative estimate of drug-likeness (QED) is 0.697. The fraction of sp³-hybridized carbons (Fsp3) is 0.588. The van der Waals surface area contributed by atoms with Crippen LogP contribution in [0.1, 0.15) is 56.5 Å². The van der Waals surface area contributed by atoms with Gasteiger partial charge in [0.2, 0.25) is 0 Å². The summed E-state index contributed by atoms with van der Waals surface area (Å²) >= 11 is 0. The molecule has 0 saturated carbocycles. The largest absolute Gasteiger partial charge is 0.292 e. The predicted octanol–water partition coefficient (Wildman–Crippen LogP) is 4.22. The van der Waals surface area contributed by atoms with Crippen LogP contribution in [0.5, 0.6) is 0 Å². The molecule has 2 nitrogen and oxygen atoms in total. The summed E-state index contributed by atoms with van der Waals surface area (Å²) in [5.41, 5.74) is 0.746. The lowest BCUT2D eigenvalue weighted by molar-refractivity contribution is 0.0534. The molecule has 0 N–H and O–H groups in total. The van der Waals surface area contributed by atoms with E-state index in [2.05, 4.69) is 18.7 Å². The van der Waals surface area contributed by atoms with Gasteiger partial charge in [0.05, 0.1) is 5.54 Å². The number of halogens is 1. The van der Waals surface area contributed by atoms with Crippen molar-refractivity contribution in [3.8, 4) is 0 Å². The number of carbonyl (C=O) groups excluding carboxylic acids is 1. The molecule has 3 heteroatoms. The average molecular weight is 279 g/mol. The lowest BCUT2D eigenvalue weighted by Crippen LogP contribution is -2.53. The van der Waals surface area contributed by atoms with Gasteiger partial charge in [0.1, 0.15) is 5.82 Å². The third kappa shape index (κ3) is 3.09. The Morgan fingerprint density at radius 1 is 1.10 bits per heavy atom. The highest BCUT2D eigenvalue weighted by Crippen LogP contribution is 2.29. The van der Waals surface area contributed by atoms with Crippen LogP contribution in [0.4, 0.5) is 4.39 Å². The number of hydrogen-bond acceptors (Lipinski definition) is 2. The summed E-state index contributed by atoms with van der Waals surface area (Å²) < 4.78 is 13.6. The van der Waals surface area contributed by atoms with E-state index in [0.29, 0.717) is 5.56 Å². The minimum Gasteiger partial charge on any atom is -0.292 e. The van der Waals surface area contributed by atoms with E-state index in [4.69, 9.17) is 0 Å². The van der Waals surface area contributed by atoms with E-state index < -0.39 is 5.54 Å². The molecule has 0 aliphatic heterocycles. The van der Waals surface area contributed by atoms with Crippen LogP contribution in [-0.2, 0) is 0 Å². The Labute approximate surface area is 122 Å². The molecule has 0 fully saturated rings. The van der Waals surface area contributed by atoms with Crippen LogP contribution in [0.25, 0.3) is 0 Å². The van der Waals surface area contributed by atoms with Gasteiger partial charge in [0.15, 0.2) is 5.78 Å². The molecular formula is C17H26FNO. The van der Waals surface area contributed by atoms with Crippen molar-refractivity contribution in [1.82, 2.24) is 4.90 Å². The lowest BCUT2D eigenvalue weighted by Gasteiger charge is -2.41. The normalized spacial score (nSPS) is 11.9. The molecule has 0 unspecified atom stereocenters. The number of carbonyl (C=O) groups is 1. The van der Waals surface area contributed by atoms with Crippen molar-refractivity contribution in [2.24, 2.45) is 0 Å². The molecule has 0 aromatic heterocycles. The first kappa shape index (κ1) is 16.8. The highest BCUT2D eigenvalue weighted by Gasteiger charge is 2.39. The van der Waals surface area contributed by atoms with Crippen LogP contribution in [0.3, 0.4) is 0 Å². The molecule has 1 aromatic rings. The van der Waals surface area contributed by atoms with Gasteiger partial charge >= 0.3 is 0 Å². The molecular weight excluding hydrogens is 253 g/mol. The summed E-state index contributed by atoms with van der Waals surface area (Å²) in [4.78, 5) is 15.2. The molecule has 20 heavy (non-hydrogen) atoms. The smallest absolute Gasteiger partial charge is 0.183 e. The number of Topliss-reactive ketones (excluding diaryl/α,β-unsaturated/α-hetero) is 1. The molecule has 0 saturated heterocycles. The monoisotopic (exact) mass is 279 g/mol. The molecule has 0 bridgehead atoms. The Hall–Kier alpha value is -1.22. The molecule has 0 atom stereocenters.